The number of aryl methyl sites for hydroxylation is 2. The van der Waals surface area contributed by atoms with E-state index in [0.717, 1.165) is 11.3 Å². The largest absolute Gasteiger partial charge is 0.296 e. The maximum Gasteiger partial charge on any atom is 0.279 e. The first kappa shape index (κ1) is 15.2. The van der Waals surface area contributed by atoms with Crippen LogP contribution in [0.15, 0.2) is 36.1 Å². The highest BCUT2D eigenvalue weighted by Gasteiger charge is 2.19. The van der Waals surface area contributed by atoms with Crippen LogP contribution in [0.25, 0.3) is 11.1 Å². The summed E-state index contributed by atoms with van der Waals surface area (Å²) in [6, 6.07) is 3.32. The van der Waals surface area contributed by atoms with Gasteiger partial charge in [0.05, 0.1) is 5.69 Å². The minimum atomic E-state index is -0.672. The molecule has 3 aromatic heterocycles. The summed E-state index contributed by atoms with van der Waals surface area (Å²) in [5.41, 5.74) is 2.32. The summed E-state index contributed by atoms with van der Waals surface area (Å²) in [7, 11) is 0. The third-order valence-electron chi connectivity index (χ3n) is 3.27. The number of rotatable bonds is 3. The second kappa shape index (κ2) is 6.21. The van der Waals surface area contributed by atoms with Gasteiger partial charge in [-0.2, -0.15) is 0 Å². The fourth-order valence-corrected chi connectivity index (χ4v) is 2.81. The first-order valence-electron chi connectivity index (χ1n) is 6.85. The minimum absolute atomic E-state index is 0.265. The predicted octanol–water partition coefficient (Wildman–Crippen LogP) is 3.61. The topological polar surface area (TPSA) is 67.8 Å². The number of hydrogen-bond donors (Lipinski definition) is 1. The van der Waals surface area contributed by atoms with Crippen LogP contribution in [-0.2, 0) is 0 Å². The van der Waals surface area contributed by atoms with Crippen LogP contribution in [0, 0.1) is 19.7 Å². The zero-order chi connectivity index (χ0) is 16.4. The molecular weight excluding hydrogens is 315 g/mol. The number of halogens is 1. The summed E-state index contributed by atoms with van der Waals surface area (Å²) in [5.74, 6) is -1.30. The first-order valence-corrected chi connectivity index (χ1v) is 7.73. The SMILES string of the molecule is Cc1csc(NC(=O)c2nccc(-c3cnccc3C)c2F)n1. The Kier molecular flexibility index (Phi) is 4.12. The Labute approximate surface area is 136 Å². The lowest BCUT2D eigenvalue weighted by Gasteiger charge is -2.09. The van der Waals surface area contributed by atoms with Gasteiger partial charge in [0.1, 0.15) is 0 Å². The van der Waals surface area contributed by atoms with Crippen LogP contribution in [0.2, 0.25) is 0 Å². The van der Waals surface area contributed by atoms with Gasteiger partial charge in [0.15, 0.2) is 16.6 Å². The molecule has 23 heavy (non-hydrogen) atoms. The molecule has 3 aromatic rings. The molecule has 116 valence electrons. The molecule has 3 rings (SSSR count). The number of pyridine rings is 2. The van der Waals surface area contributed by atoms with E-state index in [-0.39, 0.29) is 5.69 Å². The van der Waals surface area contributed by atoms with Crippen molar-refractivity contribution in [3.63, 3.8) is 0 Å². The van der Waals surface area contributed by atoms with Gasteiger partial charge in [-0.05, 0) is 31.5 Å². The van der Waals surface area contributed by atoms with Gasteiger partial charge in [-0.25, -0.2) is 14.4 Å². The summed E-state index contributed by atoms with van der Waals surface area (Å²) in [5, 5.41) is 4.78. The fourth-order valence-electron chi connectivity index (χ4n) is 2.12. The van der Waals surface area contributed by atoms with E-state index in [1.807, 2.05) is 13.8 Å². The van der Waals surface area contributed by atoms with Crippen LogP contribution in [0.3, 0.4) is 0 Å². The van der Waals surface area contributed by atoms with Crippen LogP contribution in [0.4, 0.5) is 9.52 Å². The molecule has 5 nitrogen and oxygen atoms in total. The van der Waals surface area contributed by atoms with Crippen molar-refractivity contribution >= 4 is 22.4 Å². The number of nitrogens with zero attached hydrogens (tertiary/aromatic N) is 3. The number of thiazole rings is 1. The normalized spacial score (nSPS) is 10.6. The number of carbonyl (C=O) groups is 1. The Bertz CT molecular complexity index is 878. The Morgan fingerprint density at radius 3 is 2.74 bits per heavy atom. The number of amides is 1. The summed E-state index contributed by atoms with van der Waals surface area (Å²) in [4.78, 5) is 24.3. The maximum absolute atomic E-state index is 14.7. The minimum Gasteiger partial charge on any atom is -0.296 e. The molecule has 0 bridgehead atoms. The quantitative estimate of drug-likeness (QED) is 0.797. The van der Waals surface area contributed by atoms with Gasteiger partial charge >= 0.3 is 0 Å². The van der Waals surface area contributed by atoms with Crippen molar-refractivity contribution in [3.05, 3.63) is 58.9 Å². The van der Waals surface area contributed by atoms with Crippen LogP contribution >= 0.6 is 11.3 Å². The highest BCUT2D eigenvalue weighted by atomic mass is 32.1. The van der Waals surface area contributed by atoms with Crippen molar-refractivity contribution in [2.75, 3.05) is 5.32 Å². The van der Waals surface area contributed by atoms with Gasteiger partial charge in [0, 0.05) is 35.1 Å². The Balaban J connectivity index is 1.96. The second-order valence-corrected chi connectivity index (χ2v) is 5.82. The number of anilines is 1. The summed E-state index contributed by atoms with van der Waals surface area (Å²) < 4.78 is 14.7. The van der Waals surface area contributed by atoms with E-state index in [1.165, 1.54) is 23.6 Å². The standard InChI is InChI=1S/C16H13FN4OS/c1-9-3-5-18-7-12(9)11-4-6-19-14(13(11)17)15(22)21-16-20-10(2)8-23-16/h3-8H,1-2H3,(H,20,21,22). The van der Waals surface area contributed by atoms with E-state index in [4.69, 9.17) is 0 Å². The monoisotopic (exact) mass is 328 g/mol. The average molecular weight is 328 g/mol. The Morgan fingerprint density at radius 2 is 2.04 bits per heavy atom. The maximum atomic E-state index is 14.7. The Morgan fingerprint density at radius 1 is 1.22 bits per heavy atom. The lowest BCUT2D eigenvalue weighted by atomic mass is 10.0. The summed E-state index contributed by atoms with van der Waals surface area (Å²) in [6.07, 6.45) is 4.61. The lowest BCUT2D eigenvalue weighted by Crippen LogP contribution is -2.16. The molecule has 0 saturated heterocycles. The summed E-state index contributed by atoms with van der Waals surface area (Å²) in [6.45, 7) is 3.67. The highest BCUT2D eigenvalue weighted by molar-refractivity contribution is 7.13. The zero-order valence-corrected chi connectivity index (χ0v) is 13.3. The van der Waals surface area contributed by atoms with Crippen molar-refractivity contribution in [2.45, 2.75) is 13.8 Å². The predicted molar refractivity (Wildman–Crippen MR) is 87.0 cm³/mol. The van der Waals surface area contributed by atoms with Crippen molar-refractivity contribution in [1.82, 2.24) is 15.0 Å². The van der Waals surface area contributed by atoms with Gasteiger partial charge in [0.2, 0.25) is 0 Å². The molecular formula is C16H13FN4OS. The van der Waals surface area contributed by atoms with E-state index in [9.17, 15) is 9.18 Å². The molecule has 3 heterocycles. The molecule has 0 radical (unpaired) electrons. The van der Waals surface area contributed by atoms with Crippen molar-refractivity contribution in [2.24, 2.45) is 0 Å². The molecule has 0 fully saturated rings. The van der Waals surface area contributed by atoms with E-state index >= 15 is 0 Å². The van der Waals surface area contributed by atoms with E-state index in [0.29, 0.717) is 16.3 Å². The molecule has 0 aliphatic rings. The first-order chi connectivity index (χ1) is 11.1. The number of carbonyl (C=O) groups excluding carboxylic acids is 1. The smallest absolute Gasteiger partial charge is 0.279 e. The zero-order valence-electron chi connectivity index (χ0n) is 12.5. The van der Waals surface area contributed by atoms with Gasteiger partial charge < -0.3 is 0 Å². The molecule has 0 unspecified atom stereocenters. The third-order valence-corrected chi connectivity index (χ3v) is 4.15. The highest BCUT2D eigenvalue weighted by Crippen LogP contribution is 2.26. The van der Waals surface area contributed by atoms with Crippen LogP contribution in [0.5, 0.6) is 0 Å². The molecule has 7 heteroatoms. The van der Waals surface area contributed by atoms with Gasteiger partial charge in [-0.1, -0.05) is 0 Å². The van der Waals surface area contributed by atoms with E-state index in [2.05, 4.69) is 20.3 Å². The average Bonchev–Trinajstić information content (AvgIpc) is 2.93. The lowest BCUT2D eigenvalue weighted by molar-refractivity contribution is 0.101. The van der Waals surface area contributed by atoms with Crippen molar-refractivity contribution in [3.8, 4) is 11.1 Å². The van der Waals surface area contributed by atoms with Gasteiger partial charge in [0.25, 0.3) is 5.91 Å². The molecule has 0 aromatic carbocycles. The van der Waals surface area contributed by atoms with E-state index in [1.54, 1.807) is 23.8 Å². The fraction of sp³-hybridized carbons (Fsp3) is 0.125. The molecule has 0 atom stereocenters. The Hall–Kier alpha value is -2.67. The number of nitrogens with one attached hydrogen (secondary N) is 1. The second-order valence-electron chi connectivity index (χ2n) is 4.96. The van der Waals surface area contributed by atoms with Crippen LogP contribution < -0.4 is 5.32 Å². The van der Waals surface area contributed by atoms with Gasteiger partial charge in [-0.3, -0.25) is 15.1 Å². The molecule has 0 aliphatic heterocycles. The number of aromatic nitrogens is 3. The molecule has 0 spiro atoms. The van der Waals surface area contributed by atoms with Crippen LogP contribution in [0.1, 0.15) is 21.7 Å². The van der Waals surface area contributed by atoms with Crippen LogP contribution in [-0.4, -0.2) is 20.9 Å². The number of hydrogen-bond acceptors (Lipinski definition) is 5. The molecule has 0 saturated carbocycles. The molecule has 1 amide bonds. The van der Waals surface area contributed by atoms with Gasteiger partial charge in [-0.15, -0.1) is 11.3 Å². The summed E-state index contributed by atoms with van der Waals surface area (Å²) >= 11 is 1.28. The van der Waals surface area contributed by atoms with Crippen molar-refractivity contribution in [1.29, 1.82) is 0 Å². The van der Waals surface area contributed by atoms with Crippen molar-refractivity contribution < 1.29 is 9.18 Å². The third kappa shape index (κ3) is 3.09. The molecule has 0 aliphatic carbocycles. The van der Waals surface area contributed by atoms with E-state index < -0.39 is 11.7 Å². The molecule has 1 N–H and O–H groups in total.